The van der Waals surface area contributed by atoms with E-state index in [2.05, 4.69) is 10.6 Å². The standard InChI is InChI=1S/C17H15ClN2O3S/c1-23-16(22)14(11-6-3-2-4-7-11)19-17(24)20-15(21)12-8-5-9-13(18)10-12/h2-10,14H,1H3,(H2,19,20,21,24). The minimum Gasteiger partial charge on any atom is -0.467 e. The van der Waals surface area contributed by atoms with Crippen molar-refractivity contribution in [2.45, 2.75) is 6.04 Å². The average molecular weight is 363 g/mol. The quantitative estimate of drug-likeness (QED) is 0.646. The average Bonchev–Trinajstić information content (AvgIpc) is 2.59. The smallest absolute Gasteiger partial charge is 0.333 e. The number of esters is 1. The number of carbonyl (C=O) groups is 2. The van der Waals surface area contributed by atoms with Gasteiger partial charge in [-0.1, -0.05) is 48.0 Å². The molecule has 0 aliphatic heterocycles. The Balaban J connectivity index is 2.08. The van der Waals surface area contributed by atoms with Gasteiger partial charge in [-0.2, -0.15) is 0 Å². The molecule has 1 unspecified atom stereocenters. The number of methoxy groups -OCH3 is 1. The Kier molecular flexibility index (Phi) is 6.28. The molecule has 0 saturated heterocycles. The predicted molar refractivity (Wildman–Crippen MR) is 95.9 cm³/mol. The second-order valence-electron chi connectivity index (χ2n) is 4.80. The molecular formula is C17H15ClN2O3S. The minimum atomic E-state index is -0.816. The van der Waals surface area contributed by atoms with Crippen LogP contribution in [-0.2, 0) is 9.53 Å². The van der Waals surface area contributed by atoms with Crippen LogP contribution in [0.1, 0.15) is 22.0 Å². The van der Waals surface area contributed by atoms with Crippen LogP contribution in [0.2, 0.25) is 5.02 Å². The molecule has 2 aromatic rings. The van der Waals surface area contributed by atoms with Crippen LogP contribution in [0.3, 0.4) is 0 Å². The Morgan fingerprint density at radius 3 is 2.46 bits per heavy atom. The summed E-state index contributed by atoms with van der Waals surface area (Å²) in [6, 6.07) is 14.6. The maximum atomic E-state index is 12.2. The SMILES string of the molecule is COC(=O)C(NC(=S)NC(=O)c1cccc(Cl)c1)c1ccccc1. The lowest BCUT2D eigenvalue weighted by molar-refractivity contribution is -0.142. The van der Waals surface area contributed by atoms with E-state index < -0.39 is 17.9 Å². The van der Waals surface area contributed by atoms with Gasteiger partial charge in [-0.15, -0.1) is 0 Å². The Labute approximate surface area is 150 Å². The number of ether oxygens (including phenoxy) is 1. The topological polar surface area (TPSA) is 67.4 Å². The molecule has 2 aromatic carbocycles. The van der Waals surface area contributed by atoms with Gasteiger partial charge < -0.3 is 10.1 Å². The van der Waals surface area contributed by atoms with Crippen molar-refractivity contribution in [1.82, 2.24) is 10.6 Å². The minimum absolute atomic E-state index is 0.0132. The summed E-state index contributed by atoms with van der Waals surface area (Å²) in [6.07, 6.45) is 0. The third kappa shape index (κ3) is 4.78. The second-order valence-corrected chi connectivity index (χ2v) is 5.65. The fourth-order valence-corrected chi connectivity index (χ4v) is 2.41. The lowest BCUT2D eigenvalue weighted by Gasteiger charge is -2.18. The van der Waals surface area contributed by atoms with Crippen molar-refractivity contribution in [3.05, 3.63) is 70.7 Å². The van der Waals surface area contributed by atoms with Gasteiger partial charge in [0.15, 0.2) is 11.2 Å². The van der Waals surface area contributed by atoms with Crippen molar-refractivity contribution < 1.29 is 14.3 Å². The molecule has 1 amide bonds. The van der Waals surface area contributed by atoms with Gasteiger partial charge in [-0.05, 0) is 36.0 Å². The third-order valence-corrected chi connectivity index (χ3v) is 3.61. The molecule has 0 fully saturated rings. The molecule has 0 heterocycles. The molecule has 2 N–H and O–H groups in total. The number of rotatable bonds is 4. The van der Waals surface area contributed by atoms with Crippen LogP contribution in [0.15, 0.2) is 54.6 Å². The first-order valence-corrected chi connectivity index (χ1v) is 7.80. The molecule has 2 rings (SSSR count). The summed E-state index contributed by atoms with van der Waals surface area (Å²) in [5, 5.41) is 5.76. The Bertz CT molecular complexity index is 753. The third-order valence-electron chi connectivity index (χ3n) is 3.16. The monoisotopic (exact) mass is 362 g/mol. The summed E-state index contributed by atoms with van der Waals surface area (Å²) in [5.41, 5.74) is 1.03. The number of amides is 1. The highest BCUT2D eigenvalue weighted by molar-refractivity contribution is 7.80. The molecule has 0 aliphatic carbocycles. The zero-order valence-corrected chi connectivity index (χ0v) is 14.4. The van der Waals surface area contributed by atoms with Gasteiger partial charge >= 0.3 is 5.97 Å². The highest BCUT2D eigenvalue weighted by atomic mass is 35.5. The van der Waals surface area contributed by atoms with E-state index in [-0.39, 0.29) is 5.11 Å². The van der Waals surface area contributed by atoms with Crippen LogP contribution in [0, 0.1) is 0 Å². The molecule has 0 aliphatic rings. The molecule has 0 saturated carbocycles. The highest BCUT2D eigenvalue weighted by Gasteiger charge is 2.22. The molecule has 24 heavy (non-hydrogen) atoms. The van der Waals surface area contributed by atoms with E-state index >= 15 is 0 Å². The zero-order valence-electron chi connectivity index (χ0n) is 12.8. The maximum Gasteiger partial charge on any atom is 0.333 e. The van der Waals surface area contributed by atoms with Crippen molar-refractivity contribution in [3.8, 4) is 0 Å². The molecule has 0 aromatic heterocycles. The van der Waals surface area contributed by atoms with Crippen molar-refractivity contribution in [2.24, 2.45) is 0 Å². The maximum absolute atomic E-state index is 12.2. The van der Waals surface area contributed by atoms with Crippen LogP contribution in [0.4, 0.5) is 0 Å². The van der Waals surface area contributed by atoms with Crippen LogP contribution >= 0.6 is 23.8 Å². The number of halogens is 1. The largest absolute Gasteiger partial charge is 0.467 e. The summed E-state index contributed by atoms with van der Waals surface area (Å²) >= 11 is 11.0. The molecular weight excluding hydrogens is 348 g/mol. The van der Waals surface area contributed by atoms with Gasteiger partial charge in [0, 0.05) is 10.6 Å². The zero-order chi connectivity index (χ0) is 17.5. The van der Waals surface area contributed by atoms with Crippen LogP contribution in [0.25, 0.3) is 0 Å². The van der Waals surface area contributed by atoms with Crippen molar-refractivity contribution in [1.29, 1.82) is 0 Å². The van der Waals surface area contributed by atoms with E-state index in [0.717, 1.165) is 0 Å². The first-order valence-electron chi connectivity index (χ1n) is 7.01. The van der Waals surface area contributed by atoms with Crippen molar-refractivity contribution >= 4 is 40.8 Å². The van der Waals surface area contributed by atoms with Gasteiger partial charge in [0.2, 0.25) is 0 Å². The van der Waals surface area contributed by atoms with E-state index in [1.165, 1.54) is 13.2 Å². The first-order chi connectivity index (χ1) is 11.5. The lowest BCUT2D eigenvalue weighted by Crippen LogP contribution is -2.43. The first kappa shape index (κ1) is 17.9. The van der Waals surface area contributed by atoms with E-state index in [0.29, 0.717) is 16.1 Å². The molecule has 0 spiro atoms. The summed E-state index contributed by atoms with van der Waals surface area (Å²) in [6.45, 7) is 0. The number of carbonyl (C=O) groups excluding carboxylic acids is 2. The molecule has 124 valence electrons. The van der Waals surface area contributed by atoms with Crippen LogP contribution in [0.5, 0.6) is 0 Å². The second kappa shape index (κ2) is 8.42. The van der Waals surface area contributed by atoms with Gasteiger partial charge in [0.1, 0.15) is 0 Å². The van der Waals surface area contributed by atoms with Gasteiger partial charge in [0.05, 0.1) is 7.11 Å². The van der Waals surface area contributed by atoms with Crippen molar-refractivity contribution in [2.75, 3.05) is 7.11 Å². The lowest BCUT2D eigenvalue weighted by atomic mass is 10.1. The fourth-order valence-electron chi connectivity index (χ4n) is 2.01. The molecule has 1 atom stereocenters. The van der Waals surface area contributed by atoms with E-state index in [1.54, 1.807) is 42.5 Å². The molecule has 5 nitrogen and oxygen atoms in total. The summed E-state index contributed by atoms with van der Waals surface area (Å²) < 4.78 is 4.78. The molecule has 0 radical (unpaired) electrons. The molecule has 7 heteroatoms. The number of hydrogen-bond acceptors (Lipinski definition) is 4. The van der Waals surface area contributed by atoms with E-state index in [9.17, 15) is 9.59 Å². The van der Waals surface area contributed by atoms with Crippen molar-refractivity contribution in [3.63, 3.8) is 0 Å². The number of nitrogens with one attached hydrogen (secondary N) is 2. The van der Waals surface area contributed by atoms with E-state index in [1.807, 2.05) is 6.07 Å². The normalized spacial score (nSPS) is 11.2. The fraction of sp³-hybridized carbons (Fsp3) is 0.118. The Morgan fingerprint density at radius 1 is 1.12 bits per heavy atom. The van der Waals surface area contributed by atoms with Gasteiger partial charge in [-0.3, -0.25) is 10.1 Å². The summed E-state index contributed by atoms with van der Waals surface area (Å²) in [7, 11) is 1.29. The number of hydrogen-bond donors (Lipinski definition) is 2. The number of thiocarbonyl (C=S) groups is 1. The summed E-state index contributed by atoms with van der Waals surface area (Å²) in [5.74, 6) is -0.938. The van der Waals surface area contributed by atoms with Crippen LogP contribution < -0.4 is 10.6 Å². The predicted octanol–water partition coefficient (Wildman–Crippen LogP) is 2.86. The summed E-state index contributed by atoms with van der Waals surface area (Å²) in [4.78, 5) is 24.1. The molecule has 0 bridgehead atoms. The Morgan fingerprint density at radius 2 is 1.83 bits per heavy atom. The number of benzene rings is 2. The van der Waals surface area contributed by atoms with Crippen LogP contribution in [-0.4, -0.2) is 24.1 Å². The van der Waals surface area contributed by atoms with E-state index in [4.69, 9.17) is 28.6 Å². The Hall–Kier alpha value is -2.44. The van der Waals surface area contributed by atoms with Gasteiger partial charge in [-0.25, -0.2) is 4.79 Å². The highest BCUT2D eigenvalue weighted by Crippen LogP contribution is 2.14. The van der Waals surface area contributed by atoms with Gasteiger partial charge in [0.25, 0.3) is 5.91 Å².